The lowest BCUT2D eigenvalue weighted by Gasteiger charge is -2.27. The van der Waals surface area contributed by atoms with Gasteiger partial charge in [0.15, 0.2) is 0 Å². The fourth-order valence-electron chi connectivity index (χ4n) is 2.01. The number of aliphatic hydroxyl groups excluding tert-OH is 1. The van der Waals surface area contributed by atoms with Crippen LogP contribution in [0, 0.1) is 0 Å². The average Bonchev–Trinajstić information content (AvgIpc) is 3.02. The highest BCUT2D eigenvalue weighted by Gasteiger charge is 2.32. The molecule has 0 radical (unpaired) electrons. The van der Waals surface area contributed by atoms with Crippen LogP contribution >= 0.6 is 11.3 Å². The fraction of sp³-hybridized carbons (Fsp3) is 0.692. The zero-order valence-corrected chi connectivity index (χ0v) is 11.9. The molecule has 4 nitrogen and oxygen atoms in total. The van der Waals surface area contributed by atoms with Gasteiger partial charge in [0.1, 0.15) is 4.88 Å². The number of aromatic nitrogens is 1. The van der Waals surface area contributed by atoms with Gasteiger partial charge in [0, 0.05) is 18.5 Å². The lowest BCUT2D eigenvalue weighted by atomic mass is 10.2. The molecule has 1 aliphatic rings. The third kappa shape index (κ3) is 2.90. The summed E-state index contributed by atoms with van der Waals surface area (Å²) in [5, 5.41) is 9.50. The summed E-state index contributed by atoms with van der Waals surface area (Å²) < 4.78 is 0. The number of amides is 1. The van der Waals surface area contributed by atoms with Crippen LogP contribution in [0.2, 0.25) is 0 Å². The molecule has 100 valence electrons. The van der Waals surface area contributed by atoms with Gasteiger partial charge in [-0.2, -0.15) is 0 Å². The molecular weight excluding hydrogens is 248 g/mol. The number of rotatable bonds is 5. The van der Waals surface area contributed by atoms with Gasteiger partial charge in [-0.3, -0.25) is 4.79 Å². The zero-order valence-electron chi connectivity index (χ0n) is 11.1. The number of aliphatic hydroxyl groups is 1. The van der Waals surface area contributed by atoms with Crippen LogP contribution in [0.1, 0.15) is 54.9 Å². The van der Waals surface area contributed by atoms with Crippen LogP contribution in [-0.2, 0) is 0 Å². The van der Waals surface area contributed by atoms with Crippen LogP contribution in [0.5, 0.6) is 0 Å². The highest BCUT2D eigenvalue weighted by molar-refractivity contribution is 7.11. The molecule has 5 heteroatoms. The van der Waals surface area contributed by atoms with Crippen LogP contribution in [0.15, 0.2) is 5.51 Å². The molecule has 1 amide bonds. The molecule has 1 N–H and O–H groups in total. The Labute approximate surface area is 112 Å². The quantitative estimate of drug-likeness (QED) is 0.891. The molecule has 0 bridgehead atoms. The van der Waals surface area contributed by atoms with Crippen LogP contribution in [0.25, 0.3) is 0 Å². The molecule has 1 heterocycles. The van der Waals surface area contributed by atoms with Crippen molar-refractivity contribution in [3.05, 3.63) is 16.1 Å². The lowest BCUT2D eigenvalue weighted by molar-refractivity contribution is 0.0582. The van der Waals surface area contributed by atoms with Crippen molar-refractivity contribution >= 4 is 17.2 Å². The molecule has 0 saturated heterocycles. The minimum atomic E-state index is -0.506. The average molecular weight is 268 g/mol. The molecule has 1 saturated carbocycles. The van der Waals surface area contributed by atoms with Gasteiger partial charge >= 0.3 is 0 Å². The van der Waals surface area contributed by atoms with Gasteiger partial charge in [0.25, 0.3) is 5.91 Å². The molecule has 1 aliphatic carbocycles. The van der Waals surface area contributed by atoms with Gasteiger partial charge in [-0.1, -0.05) is 0 Å². The van der Waals surface area contributed by atoms with Gasteiger partial charge in [-0.25, -0.2) is 4.98 Å². The van der Waals surface area contributed by atoms with Crippen molar-refractivity contribution in [1.82, 2.24) is 9.88 Å². The summed E-state index contributed by atoms with van der Waals surface area (Å²) in [5.74, 6) is 0.492. The first-order valence-corrected chi connectivity index (χ1v) is 7.31. The van der Waals surface area contributed by atoms with E-state index in [4.69, 9.17) is 0 Å². The van der Waals surface area contributed by atoms with Crippen LogP contribution in [0.4, 0.5) is 0 Å². The molecular formula is C13H20N2O2S. The molecule has 1 aromatic heterocycles. The van der Waals surface area contributed by atoms with Crippen molar-refractivity contribution < 1.29 is 9.90 Å². The molecule has 18 heavy (non-hydrogen) atoms. The SMILES string of the molecule is CC(O)CN(C(=O)c1scnc1C1CC1)C(C)C. The van der Waals surface area contributed by atoms with Crippen LogP contribution in [0.3, 0.4) is 0 Å². The maximum atomic E-state index is 12.5. The number of hydrogen-bond donors (Lipinski definition) is 1. The summed E-state index contributed by atoms with van der Waals surface area (Å²) in [6.07, 6.45) is 1.78. The number of carbonyl (C=O) groups is 1. The van der Waals surface area contributed by atoms with Crippen LogP contribution < -0.4 is 0 Å². The van der Waals surface area contributed by atoms with Crippen molar-refractivity contribution in [2.45, 2.75) is 51.7 Å². The van der Waals surface area contributed by atoms with E-state index >= 15 is 0 Å². The van der Waals surface area contributed by atoms with E-state index in [0.29, 0.717) is 12.5 Å². The van der Waals surface area contributed by atoms with Gasteiger partial charge in [0.2, 0.25) is 0 Å². The monoisotopic (exact) mass is 268 g/mol. The maximum Gasteiger partial charge on any atom is 0.266 e. The Morgan fingerprint density at radius 1 is 1.56 bits per heavy atom. The Bertz CT molecular complexity index is 424. The molecule has 0 spiro atoms. The Morgan fingerprint density at radius 3 is 2.72 bits per heavy atom. The number of hydrogen-bond acceptors (Lipinski definition) is 4. The first kappa shape index (κ1) is 13.5. The molecule has 2 rings (SSSR count). The summed E-state index contributed by atoms with van der Waals surface area (Å²) in [4.78, 5) is 19.3. The second-order valence-corrected chi connectivity index (χ2v) is 6.10. The van der Waals surface area contributed by atoms with Gasteiger partial charge in [-0.15, -0.1) is 11.3 Å². The predicted octanol–water partition coefficient (Wildman–Crippen LogP) is 2.25. The lowest BCUT2D eigenvalue weighted by Crippen LogP contribution is -2.41. The first-order chi connectivity index (χ1) is 8.50. The van der Waals surface area contributed by atoms with E-state index in [0.717, 1.165) is 23.4 Å². The minimum Gasteiger partial charge on any atom is -0.392 e. The topological polar surface area (TPSA) is 53.4 Å². The van der Waals surface area contributed by atoms with E-state index in [1.807, 2.05) is 13.8 Å². The Kier molecular flexibility index (Phi) is 4.02. The summed E-state index contributed by atoms with van der Waals surface area (Å²) in [5.41, 5.74) is 2.71. The van der Waals surface area contributed by atoms with Crippen molar-refractivity contribution in [3.8, 4) is 0 Å². The van der Waals surface area contributed by atoms with Gasteiger partial charge in [-0.05, 0) is 33.6 Å². The van der Waals surface area contributed by atoms with Gasteiger partial charge < -0.3 is 10.0 Å². The summed E-state index contributed by atoms with van der Waals surface area (Å²) in [6, 6.07) is 0.0845. The number of carbonyl (C=O) groups excluding carboxylic acids is 1. The van der Waals surface area contributed by atoms with Crippen molar-refractivity contribution in [3.63, 3.8) is 0 Å². The van der Waals surface area contributed by atoms with Crippen molar-refractivity contribution in [2.24, 2.45) is 0 Å². The fourth-order valence-corrected chi connectivity index (χ4v) is 2.84. The smallest absolute Gasteiger partial charge is 0.266 e. The summed E-state index contributed by atoms with van der Waals surface area (Å²) >= 11 is 1.41. The standard InChI is InChI=1S/C13H20N2O2S/c1-8(2)15(6-9(3)16)13(17)12-11(10-4-5-10)14-7-18-12/h7-10,16H,4-6H2,1-3H3. The Hall–Kier alpha value is -0.940. The molecule has 0 aliphatic heterocycles. The summed E-state index contributed by atoms with van der Waals surface area (Å²) in [6.45, 7) is 6.02. The first-order valence-electron chi connectivity index (χ1n) is 6.43. The van der Waals surface area contributed by atoms with E-state index < -0.39 is 6.10 Å². The Morgan fingerprint density at radius 2 is 2.22 bits per heavy atom. The highest BCUT2D eigenvalue weighted by Crippen LogP contribution is 2.42. The molecule has 1 aromatic rings. The Balaban J connectivity index is 2.19. The van der Waals surface area contributed by atoms with Crippen molar-refractivity contribution in [2.75, 3.05) is 6.54 Å². The summed E-state index contributed by atoms with van der Waals surface area (Å²) in [7, 11) is 0. The minimum absolute atomic E-state index is 0.00954. The van der Waals surface area contributed by atoms with Crippen molar-refractivity contribution in [1.29, 1.82) is 0 Å². The third-order valence-corrected chi connectivity index (χ3v) is 3.93. The second kappa shape index (κ2) is 5.36. The van der Waals surface area contributed by atoms with E-state index in [2.05, 4.69) is 4.98 Å². The van der Waals surface area contributed by atoms with Gasteiger partial charge in [0.05, 0.1) is 17.3 Å². The predicted molar refractivity (Wildman–Crippen MR) is 71.9 cm³/mol. The van der Waals surface area contributed by atoms with Crippen LogP contribution in [-0.4, -0.2) is 39.6 Å². The zero-order chi connectivity index (χ0) is 13.3. The molecule has 0 aromatic carbocycles. The molecule has 1 atom stereocenters. The highest BCUT2D eigenvalue weighted by atomic mass is 32.1. The second-order valence-electron chi connectivity index (χ2n) is 5.24. The van der Waals surface area contributed by atoms with E-state index in [9.17, 15) is 9.90 Å². The largest absolute Gasteiger partial charge is 0.392 e. The molecule has 1 unspecified atom stereocenters. The maximum absolute atomic E-state index is 12.5. The van der Waals surface area contributed by atoms with E-state index in [-0.39, 0.29) is 11.9 Å². The number of thiazole rings is 1. The van der Waals surface area contributed by atoms with E-state index in [1.54, 1.807) is 17.3 Å². The molecule has 1 fully saturated rings. The normalized spacial score (nSPS) is 16.9. The van der Waals surface area contributed by atoms with E-state index in [1.165, 1.54) is 11.3 Å². The number of nitrogens with zero attached hydrogens (tertiary/aromatic N) is 2. The third-order valence-electron chi connectivity index (χ3n) is 3.10.